The van der Waals surface area contributed by atoms with Gasteiger partial charge in [-0.25, -0.2) is 4.39 Å². The molecule has 1 unspecified atom stereocenters. The van der Waals surface area contributed by atoms with E-state index in [1.165, 1.54) is 29.8 Å². The Morgan fingerprint density at radius 3 is 2.48 bits per heavy atom. The summed E-state index contributed by atoms with van der Waals surface area (Å²) in [7, 11) is -1.36. The summed E-state index contributed by atoms with van der Waals surface area (Å²) >= 11 is 0. The van der Waals surface area contributed by atoms with Crippen LogP contribution in [0.1, 0.15) is 28.3 Å². The van der Waals surface area contributed by atoms with E-state index in [0.29, 0.717) is 17.2 Å². The topological polar surface area (TPSA) is 59.3 Å². The van der Waals surface area contributed by atoms with Gasteiger partial charge >= 0.3 is 0 Å². The number of furan rings is 1. The predicted octanol–water partition coefficient (Wildman–Crippen LogP) is 4.09. The zero-order valence-corrected chi connectivity index (χ0v) is 15.5. The second-order valence-electron chi connectivity index (χ2n) is 6.05. The highest BCUT2D eigenvalue weighted by Crippen LogP contribution is 2.15. The molecule has 0 aliphatic rings. The van der Waals surface area contributed by atoms with Crippen molar-refractivity contribution in [2.45, 2.75) is 23.5 Å². The summed E-state index contributed by atoms with van der Waals surface area (Å²) in [6.07, 6.45) is 1.72. The molecule has 6 heteroatoms. The van der Waals surface area contributed by atoms with Gasteiger partial charge in [0.2, 0.25) is 0 Å². The molecule has 1 aromatic heterocycles. The van der Waals surface area contributed by atoms with Gasteiger partial charge in [-0.2, -0.15) is 0 Å². The highest BCUT2D eigenvalue weighted by molar-refractivity contribution is 7.84. The van der Waals surface area contributed by atoms with E-state index in [4.69, 9.17) is 4.42 Å². The summed E-state index contributed by atoms with van der Waals surface area (Å²) in [4.78, 5) is 12.7. The summed E-state index contributed by atoms with van der Waals surface area (Å²) in [5.74, 6) is 0.113. The summed E-state index contributed by atoms with van der Waals surface area (Å²) < 4.78 is 30.7. The maximum Gasteiger partial charge on any atom is 0.286 e. The monoisotopic (exact) mass is 385 g/mol. The van der Waals surface area contributed by atoms with Crippen molar-refractivity contribution < 1.29 is 17.8 Å². The van der Waals surface area contributed by atoms with Gasteiger partial charge in [-0.1, -0.05) is 30.3 Å². The Balaban J connectivity index is 1.47. The highest BCUT2D eigenvalue weighted by Gasteiger charge is 2.13. The number of rotatable bonds is 8. The number of benzene rings is 2. The summed E-state index contributed by atoms with van der Waals surface area (Å²) in [6.45, 7) is 0.547. The summed E-state index contributed by atoms with van der Waals surface area (Å²) in [5.41, 5.74) is 1.23. The number of carbonyl (C=O) groups excluding carboxylic acids is 1. The van der Waals surface area contributed by atoms with Crippen LogP contribution in [0, 0.1) is 5.82 Å². The minimum absolute atomic E-state index is 0.132. The molecule has 0 fully saturated rings. The van der Waals surface area contributed by atoms with Crippen LogP contribution in [-0.4, -0.2) is 16.7 Å². The normalized spacial score (nSPS) is 11.9. The second kappa shape index (κ2) is 9.28. The van der Waals surface area contributed by atoms with E-state index >= 15 is 0 Å². The van der Waals surface area contributed by atoms with Crippen LogP contribution < -0.4 is 5.32 Å². The average molecular weight is 385 g/mol. The Morgan fingerprint density at radius 2 is 1.74 bits per heavy atom. The van der Waals surface area contributed by atoms with Crippen LogP contribution in [0.15, 0.2) is 76.0 Å². The van der Waals surface area contributed by atoms with E-state index < -0.39 is 10.8 Å². The fourth-order valence-corrected chi connectivity index (χ4v) is 3.62. The molecule has 0 saturated heterocycles. The van der Waals surface area contributed by atoms with E-state index in [2.05, 4.69) is 17.4 Å². The molecule has 0 spiro atoms. The lowest BCUT2D eigenvalue weighted by Crippen LogP contribution is -2.24. The molecule has 1 heterocycles. The maximum absolute atomic E-state index is 12.9. The Bertz CT molecular complexity index is 907. The first kappa shape index (κ1) is 19.0. The molecule has 1 amide bonds. The molecule has 27 heavy (non-hydrogen) atoms. The minimum Gasteiger partial charge on any atom is -0.455 e. The first-order valence-electron chi connectivity index (χ1n) is 8.66. The third-order valence-corrected chi connectivity index (χ3v) is 5.35. The van der Waals surface area contributed by atoms with Crippen LogP contribution >= 0.6 is 0 Å². The van der Waals surface area contributed by atoms with E-state index in [1.807, 2.05) is 18.2 Å². The van der Waals surface area contributed by atoms with Gasteiger partial charge in [0, 0.05) is 11.4 Å². The van der Waals surface area contributed by atoms with Gasteiger partial charge in [0.25, 0.3) is 5.91 Å². The van der Waals surface area contributed by atoms with Crippen LogP contribution in [0.25, 0.3) is 0 Å². The molecule has 0 aliphatic heterocycles. The average Bonchev–Trinajstić information content (AvgIpc) is 3.15. The third-order valence-electron chi connectivity index (χ3n) is 4.01. The van der Waals surface area contributed by atoms with Gasteiger partial charge in [0.05, 0.1) is 16.6 Å². The van der Waals surface area contributed by atoms with Crippen LogP contribution in [-0.2, 0) is 23.0 Å². The number of hydrogen-bond donors (Lipinski definition) is 1. The number of nitrogens with one attached hydrogen (secondary N) is 1. The number of hydrogen-bond acceptors (Lipinski definition) is 3. The standard InChI is InChI=1S/C21H20FNO3S/c22-17-8-11-19(12-9-17)27(25)15-18-10-13-20(26-18)21(24)23-14-4-7-16-5-2-1-3-6-16/h1-3,5-6,8-13H,4,7,14-15H2,(H,23,24). The molecule has 3 rings (SSSR count). The summed E-state index contributed by atoms with van der Waals surface area (Å²) in [6, 6.07) is 18.8. The Morgan fingerprint density at radius 1 is 1.00 bits per heavy atom. The number of amides is 1. The molecule has 0 radical (unpaired) electrons. The van der Waals surface area contributed by atoms with Crippen LogP contribution in [0.5, 0.6) is 0 Å². The molecule has 0 aliphatic carbocycles. The van der Waals surface area contributed by atoms with Crippen molar-refractivity contribution in [3.8, 4) is 0 Å². The number of halogens is 1. The van der Waals surface area contributed by atoms with Gasteiger partial charge < -0.3 is 9.73 Å². The lowest BCUT2D eigenvalue weighted by molar-refractivity contribution is 0.0924. The van der Waals surface area contributed by atoms with Gasteiger partial charge in [-0.3, -0.25) is 9.00 Å². The Hall–Kier alpha value is -2.73. The van der Waals surface area contributed by atoms with Crippen LogP contribution in [0.2, 0.25) is 0 Å². The van der Waals surface area contributed by atoms with Crippen molar-refractivity contribution in [3.63, 3.8) is 0 Å². The quantitative estimate of drug-likeness (QED) is 0.594. The Labute approximate surface area is 159 Å². The molecule has 0 saturated carbocycles. The number of aryl methyl sites for hydroxylation is 1. The molecule has 2 aromatic carbocycles. The van der Waals surface area contributed by atoms with Gasteiger partial charge in [0.15, 0.2) is 5.76 Å². The van der Waals surface area contributed by atoms with Crippen molar-refractivity contribution in [2.24, 2.45) is 0 Å². The molecule has 140 valence electrons. The maximum atomic E-state index is 12.9. The lowest BCUT2D eigenvalue weighted by atomic mass is 10.1. The van der Waals surface area contributed by atoms with Gasteiger partial charge in [-0.05, 0) is 54.8 Å². The van der Waals surface area contributed by atoms with Crippen molar-refractivity contribution in [1.82, 2.24) is 5.32 Å². The number of carbonyl (C=O) groups is 1. The van der Waals surface area contributed by atoms with E-state index in [9.17, 15) is 13.4 Å². The van der Waals surface area contributed by atoms with Crippen LogP contribution in [0.4, 0.5) is 4.39 Å². The summed E-state index contributed by atoms with van der Waals surface area (Å²) in [5, 5.41) is 2.82. The lowest BCUT2D eigenvalue weighted by Gasteiger charge is -2.04. The largest absolute Gasteiger partial charge is 0.455 e. The zero-order valence-electron chi connectivity index (χ0n) is 14.7. The second-order valence-corrected chi connectivity index (χ2v) is 7.51. The Kier molecular flexibility index (Phi) is 6.54. The van der Waals surface area contributed by atoms with E-state index in [-0.39, 0.29) is 23.2 Å². The first-order chi connectivity index (χ1) is 13.1. The van der Waals surface area contributed by atoms with Crippen molar-refractivity contribution in [1.29, 1.82) is 0 Å². The first-order valence-corrected chi connectivity index (χ1v) is 9.98. The molecular weight excluding hydrogens is 365 g/mol. The molecule has 3 aromatic rings. The highest BCUT2D eigenvalue weighted by atomic mass is 32.2. The molecule has 4 nitrogen and oxygen atoms in total. The fraction of sp³-hybridized carbons (Fsp3) is 0.190. The molecular formula is C21H20FNO3S. The minimum atomic E-state index is -1.36. The molecule has 0 bridgehead atoms. The van der Waals surface area contributed by atoms with Crippen molar-refractivity contribution in [2.75, 3.05) is 6.54 Å². The molecule has 1 N–H and O–H groups in total. The fourth-order valence-electron chi connectivity index (χ4n) is 2.60. The van der Waals surface area contributed by atoms with Crippen molar-refractivity contribution >= 4 is 16.7 Å². The van der Waals surface area contributed by atoms with E-state index in [1.54, 1.807) is 12.1 Å². The predicted molar refractivity (Wildman–Crippen MR) is 102 cm³/mol. The van der Waals surface area contributed by atoms with Crippen LogP contribution in [0.3, 0.4) is 0 Å². The van der Waals surface area contributed by atoms with Gasteiger partial charge in [0.1, 0.15) is 11.6 Å². The smallest absolute Gasteiger partial charge is 0.286 e. The SMILES string of the molecule is O=C(NCCCc1ccccc1)c1ccc(CS(=O)c2ccc(F)cc2)o1. The van der Waals surface area contributed by atoms with Gasteiger partial charge in [-0.15, -0.1) is 0 Å². The van der Waals surface area contributed by atoms with E-state index in [0.717, 1.165) is 12.8 Å². The van der Waals surface area contributed by atoms with Crippen molar-refractivity contribution in [3.05, 3.63) is 89.6 Å². The third kappa shape index (κ3) is 5.62. The zero-order chi connectivity index (χ0) is 19.1. The molecule has 1 atom stereocenters.